The van der Waals surface area contributed by atoms with Crippen molar-refractivity contribution in [3.8, 4) is 0 Å². The van der Waals surface area contributed by atoms with Gasteiger partial charge in [0.15, 0.2) is 0 Å². The van der Waals surface area contributed by atoms with Crippen LogP contribution in [0, 0.1) is 5.92 Å². The summed E-state index contributed by atoms with van der Waals surface area (Å²) >= 11 is 0. The number of nitrogens with one attached hydrogen (secondary N) is 2. The molecule has 1 unspecified atom stereocenters. The second kappa shape index (κ2) is 13.2. The molecular weight excluding hydrogens is 402 g/mol. The van der Waals surface area contributed by atoms with Crippen molar-refractivity contribution in [2.75, 3.05) is 38.2 Å². The van der Waals surface area contributed by atoms with Crippen LogP contribution in [0.1, 0.15) is 43.4 Å². The Kier molecular flexibility index (Phi) is 10.0. The molecule has 3 rings (SSSR count). The molecule has 1 atom stereocenters. The summed E-state index contributed by atoms with van der Waals surface area (Å²) in [7, 11) is 0. The SMILES string of the molecule is CCOCCOCc1cccc(NC(=O)NCc2ccc(CN3CCCC(C)C3)cc2)c1. The molecule has 2 N–H and O–H groups in total. The lowest BCUT2D eigenvalue weighted by Gasteiger charge is -2.30. The molecule has 1 fully saturated rings. The van der Waals surface area contributed by atoms with Crippen molar-refractivity contribution >= 4 is 11.7 Å². The van der Waals surface area contributed by atoms with Crippen molar-refractivity contribution in [2.45, 2.75) is 46.4 Å². The molecular formula is C26H37N3O3. The molecule has 0 radical (unpaired) electrons. The highest BCUT2D eigenvalue weighted by molar-refractivity contribution is 5.89. The van der Waals surface area contributed by atoms with Gasteiger partial charge in [0, 0.05) is 31.9 Å². The van der Waals surface area contributed by atoms with Crippen LogP contribution < -0.4 is 10.6 Å². The van der Waals surface area contributed by atoms with Gasteiger partial charge in [-0.05, 0) is 61.1 Å². The fourth-order valence-corrected chi connectivity index (χ4v) is 4.00. The Morgan fingerprint density at radius 3 is 2.62 bits per heavy atom. The average Bonchev–Trinajstić information content (AvgIpc) is 2.79. The lowest BCUT2D eigenvalue weighted by molar-refractivity contribution is 0.0453. The minimum absolute atomic E-state index is 0.217. The number of carbonyl (C=O) groups excluding carboxylic acids is 1. The average molecular weight is 440 g/mol. The van der Waals surface area contributed by atoms with E-state index in [1.54, 1.807) is 0 Å². The standard InChI is InChI=1S/C26H37N3O3/c1-3-31-14-15-32-20-24-7-4-8-25(16-24)28-26(30)27-17-22-9-11-23(12-10-22)19-29-13-5-6-21(2)18-29/h4,7-12,16,21H,3,5-6,13-15,17-20H2,1-2H3,(H2,27,28,30). The topological polar surface area (TPSA) is 62.8 Å². The van der Waals surface area contributed by atoms with E-state index in [2.05, 4.69) is 46.7 Å². The monoisotopic (exact) mass is 439 g/mol. The number of rotatable bonds is 11. The highest BCUT2D eigenvalue weighted by Gasteiger charge is 2.16. The molecule has 1 saturated heterocycles. The van der Waals surface area contributed by atoms with Gasteiger partial charge in [-0.15, -0.1) is 0 Å². The molecule has 1 aliphatic rings. The zero-order valence-electron chi connectivity index (χ0n) is 19.4. The molecule has 1 aliphatic heterocycles. The molecule has 32 heavy (non-hydrogen) atoms. The second-order valence-corrected chi connectivity index (χ2v) is 8.56. The Hall–Kier alpha value is -2.41. The van der Waals surface area contributed by atoms with Crippen LogP contribution in [0.4, 0.5) is 10.5 Å². The largest absolute Gasteiger partial charge is 0.379 e. The summed E-state index contributed by atoms with van der Waals surface area (Å²) in [6.45, 7) is 10.5. The third kappa shape index (κ3) is 8.61. The highest BCUT2D eigenvalue weighted by atomic mass is 16.5. The van der Waals surface area contributed by atoms with Gasteiger partial charge in [-0.25, -0.2) is 4.79 Å². The van der Waals surface area contributed by atoms with Gasteiger partial charge in [-0.3, -0.25) is 4.90 Å². The molecule has 0 saturated carbocycles. The van der Waals surface area contributed by atoms with Crippen LogP contribution in [0.5, 0.6) is 0 Å². The molecule has 1 heterocycles. The van der Waals surface area contributed by atoms with E-state index < -0.39 is 0 Å². The number of urea groups is 1. The van der Waals surface area contributed by atoms with Gasteiger partial charge in [-0.1, -0.05) is 43.3 Å². The second-order valence-electron chi connectivity index (χ2n) is 8.56. The van der Waals surface area contributed by atoms with Gasteiger partial charge in [0.25, 0.3) is 0 Å². The number of hydrogen-bond acceptors (Lipinski definition) is 4. The van der Waals surface area contributed by atoms with E-state index in [-0.39, 0.29) is 6.03 Å². The fraction of sp³-hybridized carbons (Fsp3) is 0.500. The first-order valence-corrected chi connectivity index (χ1v) is 11.7. The summed E-state index contributed by atoms with van der Waals surface area (Å²) in [6.07, 6.45) is 2.64. The summed E-state index contributed by atoms with van der Waals surface area (Å²) in [5.41, 5.74) is 4.18. The first-order chi connectivity index (χ1) is 15.6. The predicted molar refractivity (Wildman–Crippen MR) is 129 cm³/mol. The number of hydrogen-bond donors (Lipinski definition) is 2. The van der Waals surface area contributed by atoms with Gasteiger partial charge >= 0.3 is 6.03 Å². The van der Waals surface area contributed by atoms with Crippen molar-refractivity contribution in [1.82, 2.24) is 10.2 Å². The third-order valence-corrected chi connectivity index (χ3v) is 5.65. The molecule has 0 bridgehead atoms. The summed E-state index contributed by atoms with van der Waals surface area (Å²) in [5, 5.41) is 5.83. The van der Waals surface area contributed by atoms with Crippen LogP contribution >= 0.6 is 0 Å². The van der Waals surface area contributed by atoms with Crippen LogP contribution in [-0.2, 0) is 29.2 Å². The number of likely N-dealkylation sites (tertiary alicyclic amines) is 1. The maximum Gasteiger partial charge on any atom is 0.319 e. The van der Waals surface area contributed by atoms with Crippen molar-refractivity contribution in [3.05, 3.63) is 65.2 Å². The summed E-state index contributed by atoms with van der Waals surface area (Å²) in [6, 6.07) is 16.0. The van der Waals surface area contributed by atoms with Crippen molar-refractivity contribution in [2.24, 2.45) is 5.92 Å². The number of carbonyl (C=O) groups is 1. The lowest BCUT2D eigenvalue weighted by atomic mass is 9.99. The third-order valence-electron chi connectivity index (χ3n) is 5.65. The van der Waals surface area contributed by atoms with Gasteiger partial charge in [0.1, 0.15) is 0 Å². The molecule has 0 aromatic heterocycles. The van der Waals surface area contributed by atoms with E-state index in [1.165, 1.54) is 31.5 Å². The quantitative estimate of drug-likeness (QED) is 0.494. The van der Waals surface area contributed by atoms with Crippen LogP contribution in [0.25, 0.3) is 0 Å². The summed E-state index contributed by atoms with van der Waals surface area (Å²) < 4.78 is 10.9. The normalized spacial score (nSPS) is 16.6. The number of ether oxygens (including phenoxy) is 2. The Morgan fingerprint density at radius 1 is 1.06 bits per heavy atom. The number of piperidine rings is 1. The van der Waals surface area contributed by atoms with E-state index >= 15 is 0 Å². The fourth-order valence-electron chi connectivity index (χ4n) is 4.00. The smallest absolute Gasteiger partial charge is 0.319 e. The van der Waals surface area contributed by atoms with Crippen LogP contribution in [0.15, 0.2) is 48.5 Å². The van der Waals surface area contributed by atoms with E-state index in [0.29, 0.717) is 33.0 Å². The van der Waals surface area contributed by atoms with Crippen molar-refractivity contribution < 1.29 is 14.3 Å². The number of benzene rings is 2. The Labute approximate surface area is 192 Å². The molecule has 2 amide bonds. The predicted octanol–water partition coefficient (Wildman–Crippen LogP) is 4.79. The van der Waals surface area contributed by atoms with Crippen LogP contribution in [0.3, 0.4) is 0 Å². The van der Waals surface area contributed by atoms with Gasteiger partial charge < -0.3 is 20.1 Å². The van der Waals surface area contributed by atoms with Crippen LogP contribution in [-0.4, -0.2) is 43.8 Å². The van der Waals surface area contributed by atoms with Gasteiger partial charge in [0.2, 0.25) is 0 Å². The minimum Gasteiger partial charge on any atom is -0.379 e. The molecule has 6 nitrogen and oxygen atoms in total. The van der Waals surface area contributed by atoms with E-state index in [9.17, 15) is 4.79 Å². The first kappa shape index (κ1) is 24.2. The van der Waals surface area contributed by atoms with E-state index in [0.717, 1.165) is 29.3 Å². The van der Waals surface area contributed by atoms with E-state index in [4.69, 9.17) is 9.47 Å². The minimum atomic E-state index is -0.217. The van der Waals surface area contributed by atoms with Crippen molar-refractivity contribution in [1.29, 1.82) is 0 Å². The number of nitrogens with zero attached hydrogens (tertiary/aromatic N) is 1. The molecule has 174 valence electrons. The van der Waals surface area contributed by atoms with Crippen LogP contribution in [0.2, 0.25) is 0 Å². The Balaban J connectivity index is 1.39. The molecule has 2 aromatic rings. The van der Waals surface area contributed by atoms with E-state index in [1.807, 2.05) is 31.2 Å². The first-order valence-electron chi connectivity index (χ1n) is 11.7. The summed E-state index contributed by atoms with van der Waals surface area (Å²) in [5.74, 6) is 0.791. The Bertz CT molecular complexity index is 825. The molecule has 0 spiro atoms. The number of anilines is 1. The van der Waals surface area contributed by atoms with Gasteiger partial charge in [0.05, 0.1) is 19.8 Å². The highest BCUT2D eigenvalue weighted by Crippen LogP contribution is 2.18. The lowest BCUT2D eigenvalue weighted by Crippen LogP contribution is -2.33. The molecule has 0 aliphatic carbocycles. The number of amides is 2. The molecule has 2 aromatic carbocycles. The Morgan fingerprint density at radius 2 is 1.84 bits per heavy atom. The zero-order valence-corrected chi connectivity index (χ0v) is 19.4. The molecule has 6 heteroatoms. The van der Waals surface area contributed by atoms with Crippen molar-refractivity contribution in [3.63, 3.8) is 0 Å². The summed E-state index contributed by atoms with van der Waals surface area (Å²) in [4.78, 5) is 14.8. The maximum atomic E-state index is 12.3. The van der Waals surface area contributed by atoms with Gasteiger partial charge in [-0.2, -0.15) is 0 Å². The maximum absolute atomic E-state index is 12.3. The zero-order chi connectivity index (χ0) is 22.6.